The molecule has 0 amide bonds. The molecule has 1 saturated heterocycles. The SMILES string of the molecule is COc1nc(NC(=N)NC2CCN(C)CC2)nc2ccccc12. The van der Waals surface area contributed by atoms with Crippen LogP contribution in [0.1, 0.15) is 12.8 Å². The summed E-state index contributed by atoms with van der Waals surface area (Å²) in [4.78, 5) is 11.1. The second-order valence-corrected chi connectivity index (χ2v) is 5.80. The Labute approximate surface area is 135 Å². The molecule has 2 aromatic rings. The Morgan fingerprint density at radius 3 is 2.74 bits per heavy atom. The molecular weight excluding hydrogens is 292 g/mol. The van der Waals surface area contributed by atoms with Crippen molar-refractivity contribution in [3.63, 3.8) is 0 Å². The summed E-state index contributed by atoms with van der Waals surface area (Å²) in [5, 5.41) is 15.1. The highest BCUT2D eigenvalue weighted by atomic mass is 16.5. The van der Waals surface area contributed by atoms with Crippen LogP contribution in [0.5, 0.6) is 5.88 Å². The van der Waals surface area contributed by atoms with E-state index in [1.165, 1.54) is 0 Å². The summed E-state index contributed by atoms with van der Waals surface area (Å²) >= 11 is 0. The van der Waals surface area contributed by atoms with Crippen molar-refractivity contribution in [3.8, 4) is 5.88 Å². The fraction of sp³-hybridized carbons (Fsp3) is 0.438. The fourth-order valence-electron chi connectivity index (χ4n) is 2.76. The molecule has 1 fully saturated rings. The molecule has 2 heterocycles. The van der Waals surface area contributed by atoms with E-state index in [1.54, 1.807) is 7.11 Å². The number of likely N-dealkylation sites (tertiary alicyclic amines) is 1. The van der Waals surface area contributed by atoms with Gasteiger partial charge in [-0.05, 0) is 45.1 Å². The number of anilines is 1. The lowest BCUT2D eigenvalue weighted by Crippen LogP contribution is -2.45. The molecule has 0 unspecified atom stereocenters. The van der Waals surface area contributed by atoms with E-state index >= 15 is 0 Å². The Morgan fingerprint density at radius 1 is 1.26 bits per heavy atom. The summed E-state index contributed by atoms with van der Waals surface area (Å²) in [6.45, 7) is 2.09. The van der Waals surface area contributed by atoms with Gasteiger partial charge in [0.15, 0.2) is 5.96 Å². The third-order valence-corrected chi connectivity index (χ3v) is 4.07. The number of piperidine rings is 1. The van der Waals surface area contributed by atoms with Crippen molar-refractivity contribution in [3.05, 3.63) is 24.3 Å². The van der Waals surface area contributed by atoms with Gasteiger partial charge >= 0.3 is 0 Å². The third kappa shape index (κ3) is 3.68. The van der Waals surface area contributed by atoms with Gasteiger partial charge in [0, 0.05) is 6.04 Å². The van der Waals surface area contributed by atoms with Crippen LogP contribution in [0.3, 0.4) is 0 Å². The molecule has 0 bridgehead atoms. The molecule has 1 aliphatic heterocycles. The highest BCUT2D eigenvalue weighted by Gasteiger charge is 2.17. The first kappa shape index (κ1) is 15.5. The number of rotatable bonds is 3. The number of aromatic nitrogens is 2. The molecule has 0 aliphatic carbocycles. The van der Waals surface area contributed by atoms with Gasteiger partial charge in [-0.1, -0.05) is 12.1 Å². The van der Waals surface area contributed by atoms with Gasteiger partial charge in [-0.25, -0.2) is 4.98 Å². The van der Waals surface area contributed by atoms with Crippen molar-refractivity contribution in [1.29, 1.82) is 5.41 Å². The molecule has 0 radical (unpaired) electrons. The lowest BCUT2D eigenvalue weighted by Gasteiger charge is -2.30. The number of nitrogens with one attached hydrogen (secondary N) is 3. The molecule has 23 heavy (non-hydrogen) atoms. The van der Waals surface area contributed by atoms with Gasteiger partial charge in [0.05, 0.1) is 18.0 Å². The van der Waals surface area contributed by atoms with E-state index in [2.05, 4.69) is 32.5 Å². The van der Waals surface area contributed by atoms with Gasteiger partial charge in [0.25, 0.3) is 0 Å². The maximum Gasteiger partial charge on any atom is 0.233 e. The normalized spacial score (nSPS) is 16.3. The Morgan fingerprint density at radius 2 is 2.00 bits per heavy atom. The Balaban J connectivity index is 1.69. The molecule has 122 valence electrons. The standard InChI is InChI=1S/C16H22N6O/c1-22-9-7-11(8-10-22)18-15(17)21-16-19-13-6-4-3-5-12(13)14(20-16)23-2/h3-6,11H,7-10H2,1-2H3,(H3,17,18,19,20,21). The van der Waals surface area contributed by atoms with Crippen LogP contribution < -0.4 is 15.4 Å². The topological polar surface area (TPSA) is 86.2 Å². The predicted molar refractivity (Wildman–Crippen MR) is 91.1 cm³/mol. The Hall–Kier alpha value is -2.41. The van der Waals surface area contributed by atoms with Crippen LogP contribution in [0.2, 0.25) is 0 Å². The van der Waals surface area contributed by atoms with E-state index in [9.17, 15) is 0 Å². The van der Waals surface area contributed by atoms with Crippen LogP contribution >= 0.6 is 0 Å². The smallest absolute Gasteiger partial charge is 0.233 e. The molecule has 1 aliphatic rings. The first-order valence-corrected chi connectivity index (χ1v) is 7.77. The summed E-state index contributed by atoms with van der Waals surface area (Å²) < 4.78 is 5.32. The number of hydrogen-bond donors (Lipinski definition) is 3. The summed E-state index contributed by atoms with van der Waals surface area (Å²) in [7, 11) is 3.70. The molecule has 1 aromatic heterocycles. The molecule has 7 nitrogen and oxygen atoms in total. The van der Waals surface area contributed by atoms with Crippen LogP contribution in [-0.4, -0.2) is 54.1 Å². The van der Waals surface area contributed by atoms with E-state index < -0.39 is 0 Å². The number of ether oxygens (including phenoxy) is 1. The van der Waals surface area contributed by atoms with E-state index in [1.807, 2.05) is 24.3 Å². The summed E-state index contributed by atoms with van der Waals surface area (Å²) in [5.41, 5.74) is 0.786. The maximum absolute atomic E-state index is 8.09. The lowest BCUT2D eigenvalue weighted by atomic mass is 10.1. The largest absolute Gasteiger partial charge is 0.480 e. The summed E-state index contributed by atoms with van der Waals surface area (Å²) in [5.74, 6) is 1.09. The lowest BCUT2D eigenvalue weighted by molar-refractivity contribution is 0.247. The van der Waals surface area contributed by atoms with E-state index in [0.29, 0.717) is 17.9 Å². The number of fused-ring (bicyclic) bond motifs is 1. The van der Waals surface area contributed by atoms with E-state index in [4.69, 9.17) is 10.1 Å². The zero-order valence-corrected chi connectivity index (χ0v) is 13.5. The molecule has 3 rings (SSSR count). The van der Waals surface area contributed by atoms with E-state index in [-0.39, 0.29) is 5.96 Å². The van der Waals surface area contributed by atoms with Gasteiger partial charge in [-0.3, -0.25) is 10.7 Å². The van der Waals surface area contributed by atoms with Crippen molar-refractivity contribution < 1.29 is 4.74 Å². The molecule has 1 aromatic carbocycles. The molecule has 7 heteroatoms. The average molecular weight is 314 g/mol. The summed E-state index contributed by atoms with van der Waals surface area (Å²) in [6, 6.07) is 7.97. The van der Waals surface area contributed by atoms with Crippen molar-refractivity contribution in [2.24, 2.45) is 0 Å². The highest BCUT2D eigenvalue weighted by molar-refractivity contribution is 5.91. The zero-order valence-electron chi connectivity index (χ0n) is 13.5. The zero-order chi connectivity index (χ0) is 16.2. The van der Waals surface area contributed by atoms with Gasteiger partial charge in [0.2, 0.25) is 11.8 Å². The number of benzene rings is 1. The summed E-state index contributed by atoms with van der Waals surface area (Å²) in [6.07, 6.45) is 2.06. The minimum absolute atomic E-state index is 0.219. The van der Waals surface area contributed by atoms with Gasteiger partial charge < -0.3 is 15.0 Å². The molecule has 0 spiro atoms. The second kappa shape index (κ2) is 6.78. The molecular formula is C16H22N6O. The van der Waals surface area contributed by atoms with Crippen LogP contribution in [0.15, 0.2) is 24.3 Å². The first-order chi connectivity index (χ1) is 11.2. The van der Waals surface area contributed by atoms with Gasteiger partial charge in [-0.2, -0.15) is 4.98 Å². The molecule has 3 N–H and O–H groups in total. The van der Waals surface area contributed by atoms with Crippen molar-refractivity contribution in [2.45, 2.75) is 18.9 Å². The van der Waals surface area contributed by atoms with Crippen LogP contribution in [0.4, 0.5) is 5.95 Å². The van der Waals surface area contributed by atoms with Crippen molar-refractivity contribution in [1.82, 2.24) is 20.2 Å². The number of methoxy groups -OCH3 is 1. The third-order valence-electron chi connectivity index (χ3n) is 4.07. The second-order valence-electron chi connectivity index (χ2n) is 5.80. The minimum atomic E-state index is 0.219. The number of para-hydroxylation sites is 1. The predicted octanol–water partition coefficient (Wildman–Crippen LogP) is 1.67. The fourth-order valence-corrected chi connectivity index (χ4v) is 2.76. The number of hydrogen-bond acceptors (Lipinski definition) is 5. The Bertz CT molecular complexity index is 696. The van der Waals surface area contributed by atoms with Crippen LogP contribution in [-0.2, 0) is 0 Å². The monoisotopic (exact) mass is 314 g/mol. The van der Waals surface area contributed by atoms with E-state index in [0.717, 1.165) is 36.8 Å². The highest BCUT2D eigenvalue weighted by Crippen LogP contribution is 2.23. The average Bonchev–Trinajstić information content (AvgIpc) is 2.56. The van der Waals surface area contributed by atoms with Gasteiger partial charge in [-0.15, -0.1) is 0 Å². The minimum Gasteiger partial charge on any atom is -0.480 e. The Kier molecular flexibility index (Phi) is 4.57. The van der Waals surface area contributed by atoms with Crippen LogP contribution in [0.25, 0.3) is 10.9 Å². The molecule has 0 saturated carbocycles. The molecule has 0 atom stereocenters. The first-order valence-electron chi connectivity index (χ1n) is 7.77. The van der Waals surface area contributed by atoms with Gasteiger partial charge in [0.1, 0.15) is 0 Å². The van der Waals surface area contributed by atoms with Crippen molar-refractivity contribution >= 4 is 22.8 Å². The number of guanidine groups is 1. The van der Waals surface area contributed by atoms with Crippen molar-refractivity contribution in [2.75, 3.05) is 32.6 Å². The maximum atomic E-state index is 8.09. The number of nitrogens with zero attached hydrogens (tertiary/aromatic N) is 3. The van der Waals surface area contributed by atoms with Crippen LogP contribution in [0, 0.1) is 5.41 Å². The quantitative estimate of drug-likeness (QED) is 0.590.